The van der Waals surface area contributed by atoms with E-state index in [9.17, 15) is 9.18 Å². The lowest BCUT2D eigenvalue weighted by molar-refractivity contribution is 0.101. The second-order valence-electron chi connectivity index (χ2n) is 5.00. The minimum absolute atomic E-state index is 0.0357. The smallest absolute Gasteiger partial charge is 0.159 e. The zero-order valence-corrected chi connectivity index (χ0v) is 13.6. The van der Waals surface area contributed by atoms with Gasteiger partial charge in [-0.1, -0.05) is 18.2 Å². The van der Waals surface area contributed by atoms with Crippen molar-refractivity contribution in [3.8, 4) is 6.07 Å². The third-order valence-electron chi connectivity index (χ3n) is 3.32. The average molecular weight is 328 g/mol. The molecule has 0 fully saturated rings. The number of Topliss-reactive ketones (excluding diaryl/α,β-unsaturated/α-hetero) is 1. The van der Waals surface area contributed by atoms with Gasteiger partial charge in [0.05, 0.1) is 11.3 Å². The summed E-state index contributed by atoms with van der Waals surface area (Å²) in [4.78, 5) is 11.4. The number of thioether (sulfide) groups is 1. The van der Waals surface area contributed by atoms with Crippen LogP contribution in [0.4, 0.5) is 10.1 Å². The number of anilines is 1. The monoisotopic (exact) mass is 328 g/mol. The van der Waals surface area contributed by atoms with Crippen LogP contribution in [0, 0.1) is 17.1 Å². The largest absolute Gasteiger partial charge is 0.383 e. The molecular weight excluding hydrogens is 311 g/mol. The maximum Gasteiger partial charge on any atom is 0.159 e. The van der Waals surface area contributed by atoms with Crippen molar-refractivity contribution in [2.75, 3.05) is 17.6 Å². The molecule has 0 spiro atoms. The molecule has 0 heterocycles. The fourth-order valence-corrected chi connectivity index (χ4v) is 2.91. The molecule has 0 radical (unpaired) electrons. The number of hydrogen-bond acceptors (Lipinski definition) is 4. The first-order chi connectivity index (χ1) is 11.1. The van der Waals surface area contributed by atoms with E-state index in [0.29, 0.717) is 34.7 Å². The molecule has 0 aliphatic rings. The van der Waals surface area contributed by atoms with Gasteiger partial charge in [-0.3, -0.25) is 4.79 Å². The van der Waals surface area contributed by atoms with Crippen LogP contribution in [0.5, 0.6) is 0 Å². The Morgan fingerprint density at radius 3 is 2.78 bits per heavy atom. The molecule has 0 unspecified atom stereocenters. The second-order valence-corrected chi connectivity index (χ2v) is 6.10. The Balaban J connectivity index is 1.87. The highest BCUT2D eigenvalue weighted by Gasteiger charge is 2.06. The minimum Gasteiger partial charge on any atom is -0.383 e. The number of ketones is 1. The second kappa shape index (κ2) is 8.35. The Morgan fingerprint density at radius 2 is 2.09 bits per heavy atom. The molecule has 0 amide bonds. The minimum atomic E-state index is -0.186. The number of carbonyl (C=O) groups is 1. The van der Waals surface area contributed by atoms with Crippen LogP contribution in [-0.2, 0) is 5.75 Å². The summed E-state index contributed by atoms with van der Waals surface area (Å²) in [5, 5.41) is 12.3. The summed E-state index contributed by atoms with van der Waals surface area (Å²) in [6.07, 6.45) is 0. The standard InChI is InChI=1S/C18H17FN2OS/c1-13(22)14-6-7-15(11-20)18(10-14)21-8-9-23-12-16-4-2-3-5-17(16)19/h2-7,10,21H,8-9,12H2,1H3. The Hall–Kier alpha value is -2.32. The number of halogens is 1. The van der Waals surface area contributed by atoms with Crippen LogP contribution in [-0.4, -0.2) is 18.1 Å². The SMILES string of the molecule is CC(=O)c1ccc(C#N)c(NCCSCc2ccccc2F)c1. The molecule has 2 aromatic carbocycles. The van der Waals surface area contributed by atoms with Crippen molar-refractivity contribution in [3.05, 3.63) is 65.0 Å². The van der Waals surface area contributed by atoms with Gasteiger partial charge >= 0.3 is 0 Å². The van der Waals surface area contributed by atoms with Crippen LogP contribution in [0.1, 0.15) is 28.4 Å². The molecule has 2 rings (SSSR count). The third-order valence-corrected chi connectivity index (χ3v) is 4.33. The van der Waals surface area contributed by atoms with Crippen molar-refractivity contribution in [2.24, 2.45) is 0 Å². The highest BCUT2D eigenvalue weighted by molar-refractivity contribution is 7.98. The molecule has 0 saturated heterocycles. The number of nitrogens with zero attached hydrogens (tertiary/aromatic N) is 1. The number of carbonyl (C=O) groups excluding carboxylic acids is 1. The third kappa shape index (κ3) is 4.83. The molecule has 0 aliphatic heterocycles. The quantitative estimate of drug-likeness (QED) is 0.610. The summed E-state index contributed by atoms with van der Waals surface area (Å²) >= 11 is 1.61. The predicted octanol–water partition coefficient (Wildman–Crippen LogP) is 4.25. The first-order valence-electron chi connectivity index (χ1n) is 7.22. The molecular formula is C18H17FN2OS. The molecule has 3 nitrogen and oxygen atoms in total. The van der Waals surface area contributed by atoms with Gasteiger partial charge in [-0.15, -0.1) is 0 Å². The van der Waals surface area contributed by atoms with E-state index >= 15 is 0 Å². The summed E-state index contributed by atoms with van der Waals surface area (Å²) in [5.74, 6) is 1.15. The van der Waals surface area contributed by atoms with Crippen molar-refractivity contribution in [3.63, 3.8) is 0 Å². The molecule has 0 aromatic heterocycles. The van der Waals surface area contributed by atoms with E-state index in [0.717, 1.165) is 5.75 Å². The predicted molar refractivity (Wildman–Crippen MR) is 92.2 cm³/mol. The number of benzene rings is 2. The van der Waals surface area contributed by atoms with Crippen molar-refractivity contribution >= 4 is 23.2 Å². The zero-order chi connectivity index (χ0) is 16.7. The molecule has 118 valence electrons. The van der Waals surface area contributed by atoms with Gasteiger partial charge in [0.25, 0.3) is 0 Å². The highest BCUT2D eigenvalue weighted by atomic mass is 32.2. The maximum absolute atomic E-state index is 13.5. The average Bonchev–Trinajstić information content (AvgIpc) is 2.56. The summed E-state index contributed by atoms with van der Waals surface area (Å²) < 4.78 is 13.5. The number of rotatable bonds is 7. The highest BCUT2D eigenvalue weighted by Crippen LogP contribution is 2.19. The number of hydrogen-bond donors (Lipinski definition) is 1. The molecule has 5 heteroatoms. The zero-order valence-electron chi connectivity index (χ0n) is 12.8. The van der Waals surface area contributed by atoms with Crippen LogP contribution < -0.4 is 5.32 Å². The van der Waals surface area contributed by atoms with E-state index in [-0.39, 0.29) is 11.6 Å². The summed E-state index contributed by atoms with van der Waals surface area (Å²) in [7, 11) is 0. The molecule has 0 bridgehead atoms. The molecule has 0 atom stereocenters. The van der Waals surface area contributed by atoms with Gasteiger partial charge in [-0.05, 0) is 36.8 Å². The molecule has 2 aromatic rings. The van der Waals surface area contributed by atoms with Crippen molar-refractivity contribution < 1.29 is 9.18 Å². The first kappa shape index (κ1) is 17.0. The van der Waals surface area contributed by atoms with Gasteiger partial charge in [-0.2, -0.15) is 17.0 Å². The number of nitrogens with one attached hydrogen (secondary N) is 1. The molecule has 1 N–H and O–H groups in total. The number of nitriles is 1. The maximum atomic E-state index is 13.5. The molecule has 0 saturated carbocycles. The first-order valence-corrected chi connectivity index (χ1v) is 8.37. The fourth-order valence-electron chi connectivity index (χ4n) is 2.06. The topological polar surface area (TPSA) is 52.9 Å². The Labute approximate surface area is 139 Å². The van der Waals surface area contributed by atoms with Crippen LogP contribution in [0.25, 0.3) is 0 Å². The lowest BCUT2D eigenvalue weighted by atomic mass is 10.1. The molecule has 0 aliphatic carbocycles. The van der Waals surface area contributed by atoms with Gasteiger partial charge in [-0.25, -0.2) is 4.39 Å². The van der Waals surface area contributed by atoms with E-state index in [2.05, 4.69) is 11.4 Å². The van der Waals surface area contributed by atoms with Gasteiger partial charge in [0.1, 0.15) is 11.9 Å². The Morgan fingerprint density at radius 1 is 1.30 bits per heavy atom. The fraction of sp³-hybridized carbons (Fsp3) is 0.222. The van der Waals surface area contributed by atoms with Crippen LogP contribution in [0.3, 0.4) is 0 Å². The van der Waals surface area contributed by atoms with E-state index in [1.807, 2.05) is 6.07 Å². The van der Waals surface area contributed by atoms with Crippen LogP contribution >= 0.6 is 11.8 Å². The van der Waals surface area contributed by atoms with E-state index in [4.69, 9.17) is 5.26 Å². The normalized spacial score (nSPS) is 10.1. The van der Waals surface area contributed by atoms with E-state index < -0.39 is 0 Å². The Bertz CT molecular complexity index is 740. The summed E-state index contributed by atoms with van der Waals surface area (Å²) in [5.41, 5.74) is 2.43. The van der Waals surface area contributed by atoms with Crippen molar-refractivity contribution in [2.45, 2.75) is 12.7 Å². The van der Waals surface area contributed by atoms with Crippen molar-refractivity contribution in [1.29, 1.82) is 5.26 Å². The lowest BCUT2D eigenvalue weighted by Crippen LogP contribution is -2.07. The van der Waals surface area contributed by atoms with Crippen LogP contribution in [0.2, 0.25) is 0 Å². The molecule has 23 heavy (non-hydrogen) atoms. The van der Waals surface area contributed by atoms with Gasteiger partial charge in [0.15, 0.2) is 5.78 Å². The Kier molecular flexibility index (Phi) is 6.19. The van der Waals surface area contributed by atoms with Crippen molar-refractivity contribution in [1.82, 2.24) is 0 Å². The van der Waals surface area contributed by atoms with Gasteiger partial charge < -0.3 is 5.32 Å². The van der Waals surface area contributed by atoms with E-state index in [1.54, 1.807) is 42.1 Å². The summed E-state index contributed by atoms with van der Waals surface area (Å²) in [6.45, 7) is 2.13. The lowest BCUT2D eigenvalue weighted by Gasteiger charge is -2.09. The van der Waals surface area contributed by atoms with E-state index in [1.165, 1.54) is 13.0 Å². The van der Waals surface area contributed by atoms with Crippen LogP contribution in [0.15, 0.2) is 42.5 Å². The van der Waals surface area contributed by atoms with Gasteiger partial charge in [0, 0.05) is 23.6 Å². The summed E-state index contributed by atoms with van der Waals surface area (Å²) in [6, 6.07) is 13.8. The van der Waals surface area contributed by atoms with Gasteiger partial charge in [0.2, 0.25) is 0 Å².